The molecule has 0 aliphatic heterocycles. The first-order chi connectivity index (χ1) is 9.83. The average Bonchev–Trinajstić information content (AvgIpc) is 2.40. The molecule has 0 atom stereocenters. The van der Waals surface area contributed by atoms with Gasteiger partial charge in [0.2, 0.25) is 0 Å². The molecule has 0 saturated carbocycles. The van der Waals surface area contributed by atoms with E-state index in [1.807, 2.05) is 0 Å². The minimum atomic E-state index is -3.95. The Labute approximate surface area is 130 Å². The average molecular weight is 375 g/mol. The van der Waals surface area contributed by atoms with Gasteiger partial charge in [-0.15, -0.1) is 0 Å². The highest BCUT2D eigenvalue weighted by molar-refractivity contribution is 9.10. The van der Waals surface area contributed by atoms with Gasteiger partial charge in [-0.2, -0.15) is 0 Å². The lowest BCUT2D eigenvalue weighted by Gasteiger charge is -2.13. The van der Waals surface area contributed by atoms with Crippen molar-refractivity contribution in [2.24, 2.45) is 0 Å². The summed E-state index contributed by atoms with van der Waals surface area (Å²) in [7, 11) is -2.61. The van der Waals surface area contributed by atoms with Gasteiger partial charge in [-0.1, -0.05) is 6.07 Å². The van der Waals surface area contributed by atoms with Crippen LogP contribution < -0.4 is 15.2 Å². The molecule has 0 bridgehead atoms. The third-order valence-electron chi connectivity index (χ3n) is 2.65. The monoisotopic (exact) mass is 374 g/mol. The van der Waals surface area contributed by atoms with Crippen molar-refractivity contribution in [3.05, 3.63) is 46.7 Å². The summed E-state index contributed by atoms with van der Waals surface area (Å²) in [4.78, 5) is -0.130. The van der Waals surface area contributed by atoms with Crippen LogP contribution in [0.3, 0.4) is 0 Å². The second kappa shape index (κ2) is 5.90. The molecule has 0 aliphatic rings. The van der Waals surface area contributed by atoms with Gasteiger partial charge in [0.05, 0.1) is 12.8 Å². The molecule has 0 saturated heterocycles. The van der Waals surface area contributed by atoms with Gasteiger partial charge in [-0.25, -0.2) is 12.8 Å². The van der Waals surface area contributed by atoms with Gasteiger partial charge in [0.1, 0.15) is 16.5 Å². The van der Waals surface area contributed by atoms with Crippen molar-refractivity contribution in [3.63, 3.8) is 0 Å². The topological polar surface area (TPSA) is 81.4 Å². The van der Waals surface area contributed by atoms with Crippen LogP contribution in [0.1, 0.15) is 0 Å². The smallest absolute Gasteiger partial charge is 0.265 e. The van der Waals surface area contributed by atoms with E-state index in [0.717, 1.165) is 6.07 Å². The van der Waals surface area contributed by atoms with Crippen LogP contribution in [0.25, 0.3) is 0 Å². The van der Waals surface area contributed by atoms with E-state index < -0.39 is 15.8 Å². The summed E-state index contributed by atoms with van der Waals surface area (Å²) in [6.45, 7) is 0. The third kappa shape index (κ3) is 3.45. The standard InChI is InChI=1S/C13H12BrFN2O3S/c1-20-12-6-10(14)11(16)7-13(12)21(18,19)17-9-4-2-3-8(15)5-9/h2-7,17H,16H2,1H3. The van der Waals surface area contributed by atoms with E-state index in [0.29, 0.717) is 4.47 Å². The molecular formula is C13H12BrFN2O3S. The largest absolute Gasteiger partial charge is 0.495 e. The molecule has 0 radical (unpaired) electrons. The molecule has 0 unspecified atom stereocenters. The molecule has 112 valence electrons. The van der Waals surface area contributed by atoms with E-state index in [2.05, 4.69) is 20.7 Å². The highest BCUT2D eigenvalue weighted by atomic mass is 79.9. The molecule has 0 fully saturated rings. The van der Waals surface area contributed by atoms with Crippen molar-refractivity contribution in [2.45, 2.75) is 4.90 Å². The number of hydrogen-bond acceptors (Lipinski definition) is 4. The fraction of sp³-hybridized carbons (Fsp3) is 0.0769. The van der Waals surface area contributed by atoms with Gasteiger partial charge >= 0.3 is 0 Å². The number of rotatable bonds is 4. The molecule has 5 nitrogen and oxygen atoms in total. The van der Waals surface area contributed by atoms with E-state index >= 15 is 0 Å². The number of nitrogens with one attached hydrogen (secondary N) is 1. The first kappa shape index (κ1) is 15.6. The fourth-order valence-corrected chi connectivity index (χ4v) is 3.24. The van der Waals surface area contributed by atoms with Crippen molar-refractivity contribution in [1.82, 2.24) is 0 Å². The normalized spacial score (nSPS) is 11.2. The Balaban J connectivity index is 2.47. The van der Waals surface area contributed by atoms with Crippen molar-refractivity contribution in [1.29, 1.82) is 0 Å². The molecule has 21 heavy (non-hydrogen) atoms. The predicted molar refractivity (Wildman–Crippen MR) is 82.3 cm³/mol. The Morgan fingerprint density at radius 2 is 2.00 bits per heavy atom. The molecule has 2 aromatic rings. The lowest BCUT2D eigenvalue weighted by atomic mass is 10.3. The summed E-state index contributed by atoms with van der Waals surface area (Å²) >= 11 is 3.19. The number of sulfonamides is 1. The zero-order valence-electron chi connectivity index (χ0n) is 10.9. The van der Waals surface area contributed by atoms with Gasteiger partial charge in [-0.05, 0) is 46.3 Å². The molecule has 8 heteroatoms. The molecule has 0 aromatic heterocycles. The zero-order valence-corrected chi connectivity index (χ0v) is 13.3. The highest BCUT2D eigenvalue weighted by Gasteiger charge is 2.21. The van der Waals surface area contributed by atoms with Gasteiger partial charge in [0.15, 0.2) is 0 Å². The summed E-state index contributed by atoms with van der Waals surface area (Å²) < 4.78 is 45.7. The van der Waals surface area contributed by atoms with E-state index in [-0.39, 0.29) is 22.0 Å². The van der Waals surface area contributed by atoms with E-state index in [9.17, 15) is 12.8 Å². The lowest BCUT2D eigenvalue weighted by molar-refractivity contribution is 0.402. The van der Waals surface area contributed by atoms with Crippen molar-refractivity contribution < 1.29 is 17.5 Å². The summed E-state index contributed by atoms with van der Waals surface area (Å²) in [5.74, 6) is -0.419. The summed E-state index contributed by atoms with van der Waals surface area (Å²) in [6, 6.07) is 7.86. The quantitative estimate of drug-likeness (QED) is 0.806. The molecule has 3 N–H and O–H groups in total. The fourth-order valence-electron chi connectivity index (χ4n) is 1.68. The zero-order chi connectivity index (χ0) is 15.6. The number of halogens is 2. The second-order valence-corrected chi connectivity index (χ2v) is 6.65. The number of anilines is 2. The van der Waals surface area contributed by atoms with Crippen molar-refractivity contribution in [2.75, 3.05) is 17.6 Å². The van der Waals surface area contributed by atoms with Crippen LogP contribution >= 0.6 is 15.9 Å². The van der Waals surface area contributed by atoms with Gasteiger partial charge < -0.3 is 10.5 Å². The van der Waals surface area contributed by atoms with E-state index in [1.165, 1.54) is 37.4 Å². The van der Waals surface area contributed by atoms with Crippen LogP contribution in [0, 0.1) is 5.82 Å². The predicted octanol–water partition coefficient (Wildman–Crippen LogP) is 2.98. The van der Waals surface area contributed by atoms with E-state index in [4.69, 9.17) is 10.5 Å². The van der Waals surface area contributed by atoms with Crippen molar-refractivity contribution in [3.8, 4) is 5.75 Å². The number of methoxy groups -OCH3 is 1. The Kier molecular flexibility index (Phi) is 4.38. The number of nitrogen functional groups attached to an aromatic ring is 1. The summed E-state index contributed by atoms with van der Waals surface area (Å²) in [5, 5.41) is 0. The maximum atomic E-state index is 13.1. The second-order valence-electron chi connectivity index (χ2n) is 4.14. The minimum absolute atomic E-state index is 0.110. The minimum Gasteiger partial charge on any atom is -0.495 e. The van der Waals surface area contributed by atoms with Crippen LogP contribution in [-0.2, 0) is 10.0 Å². The first-order valence-corrected chi connectivity index (χ1v) is 8.02. The lowest BCUT2D eigenvalue weighted by Crippen LogP contribution is -2.14. The SMILES string of the molecule is COc1cc(Br)c(N)cc1S(=O)(=O)Nc1cccc(F)c1. The van der Waals surface area contributed by atoms with E-state index in [1.54, 1.807) is 0 Å². The summed E-state index contributed by atoms with van der Waals surface area (Å²) in [6.07, 6.45) is 0. The molecule has 0 amide bonds. The Bertz CT molecular complexity index is 781. The van der Waals surface area contributed by atoms with Gasteiger partial charge in [0.25, 0.3) is 10.0 Å². The molecule has 2 rings (SSSR count). The highest BCUT2D eigenvalue weighted by Crippen LogP contribution is 2.33. The number of nitrogens with two attached hydrogens (primary N) is 1. The van der Waals surface area contributed by atoms with Crippen LogP contribution in [0.15, 0.2) is 45.8 Å². The number of benzene rings is 2. The van der Waals surface area contributed by atoms with Crippen LogP contribution in [0.5, 0.6) is 5.75 Å². The summed E-state index contributed by atoms with van der Waals surface area (Å²) in [5.41, 5.74) is 6.06. The number of hydrogen-bond donors (Lipinski definition) is 2. The first-order valence-electron chi connectivity index (χ1n) is 5.75. The number of ether oxygens (including phenoxy) is 1. The molecule has 0 heterocycles. The molecule has 2 aromatic carbocycles. The van der Waals surface area contributed by atoms with Crippen molar-refractivity contribution >= 4 is 37.3 Å². The maximum Gasteiger partial charge on any atom is 0.265 e. The van der Waals surface area contributed by atoms with Crippen LogP contribution in [0.2, 0.25) is 0 Å². The Morgan fingerprint density at radius 3 is 2.62 bits per heavy atom. The maximum absolute atomic E-state index is 13.1. The third-order valence-corrected chi connectivity index (χ3v) is 4.74. The van der Waals surface area contributed by atoms with Gasteiger partial charge in [-0.3, -0.25) is 4.72 Å². The molecule has 0 spiro atoms. The molecule has 0 aliphatic carbocycles. The Hall–Kier alpha value is -1.80. The van der Waals surface area contributed by atoms with Gasteiger partial charge in [0, 0.05) is 10.2 Å². The molecular weight excluding hydrogens is 363 g/mol. The van der Waals surface area contributed by atoms with Crippen LogP contribution in [0.4, 0.5) is 15.8 Å². The Morgan fingerprint density at radius 1 is 1.29 bits per heavy atom. The van der Waals surface area contributed by atoms with Crippen LogP contribution in [-0.4, -0.2) is 15.5 Å².